The van der Waals surface area contributed by atoms with E-state index < -0.39 is 0 Å². The molecular weight excluding hydrogens is 408 g/mol. The Morgan fingerprint density at radius 3 is 2.65 bits per heavy atom. The number of nitrogens with one attached hydrogen (secondary N) is 1. The van der Waals surface area contributed by atoms with Crippen molar-refractivity contribution in [3.63, 3.8) is 0 Å². The monoisotopic (exact) mass is 442 g/mol. The third kappa shape index (κ3) is 5.04. The van der Waals surface area contributed by atoms with Crippen LogP contribution in [0.25, 0.3) is 0 Å². The smallest absolute Gasteiger partial charge is 0.228 e. The summed E-state index contributed by atoms with van der Waals surface area (Å²) in [4.78, 5) is 17.9. The molecule has 7 heteroatoms. The summed E-state index contributed by atoms with van der Waals surface area (Å²) in [5.41, 5.74) is 0. The predicted molar refractivity (Wildman–Crippen MR) is 123 cm³/mol. The second-order valence-corrected chi connectivity index (χ2v) is 10.5. The molecule has 2 aromatic heterocycles. The van der Waals surface area contributed by atoms with Crippen molar-refractivity contribution in [2.75, 3.05) is 25.0 Å². The molecule has 168 valence electrons. The molecule has 2 saturated heterocycles. The van der Waals surface area contributed by atoms with Gasteiger partial charge in [0.25, 0.3) is 0 Å². The Morgan fingerprint density at radius 2 is 1.87 bits per heavy atom. The van der Waals surface area contributed by atoms with E-state index in [0.29, 0.717) is 12.1 Å². The minimum Gasteiger partial charge on any atom is -0.373 e. The first-order chi connectivity index (χ1) is 15.3. The lowest BCUT2D eigenvalue weighted by molar-refractivity contribution is -0.119. The number of ether oxygens (including phenoxy) is 1. The Balaban J connectivity index is 1.13. The third-order valence-corrected chi connectivity index (χ3v) is 8.27. The fraction of sp³-hybridized carbons (Fsp3) is 0.667. The Bertz CT molecular complexity index is 859. The van der Waals surface area contributed by atoms with E-state index in [9.17, 15) is 4.79 Å². The number of carbonyl (C=O) groups excluding carboxylic acids is 1. The summed E-state index contributed by atoms with van der Waals surface area (Å²) in [6, 6.07) is 6.86. The first-order valence-electron chi connectivity index (χ1n) is 12.0. The average Bonchev–Trinajstić information content (AvgIpc) is 3.57. The van der Waals surface area contributed by atoms with Crippen molar-refractivity contribution in [2.45, 2.75) is 76.5 Å². The van der Waals surface area contributed by atoms with Crippen LogP contribution < -0.4 is 5.32 Å². The predicted octanol–water partition coefficient (Wildman–Crippen LogP) is 5.15. The number of thiophene rings is 1. The summed E-state index contributed by atoms with van der Waals surface area (Å²) in [5, 5.41) is 7.71. The number of hydrogen-bond donors (Lipinski definition) is 1. The quantitative estimate of drug-likeness (QED) is 0.672. The largest absolute Gasteiger partial charge is 0.373 e. The van der Waals surface area contributed by atoms with E-state index in [4.69, 9.17) is 4.74 Å². The maximum absolute atomic E-state index is 12.6. The molecular formula is C24H34N4O2S. The fourth-order valence-electron chi connectivity index (χ4n) is 5.28. The number of anilines is 1. The normalized spacial score (nSPS) is 23.9. The van der Waals surface area contributed by atoms with Crippen LogP contribution in [0, 0.1) is 5.92 Å². The van der Waals surface area contributed by atoms with Gasteiger partial charge in [-0.3, -0.25) is 9.69 Å². The third-order valence-electron chi connectivity index (χ3n) is 7.11. The second kappa shape index (κ2) is 9.84. The van der Waals surface area contributed by atoms with E-state index in [1.165, 1.54) is 35.4 Å². The molecule has 3 aliphatic rings. The summed E-state index contributed by atoms with van der Waals surface area (Å²) in [6.45, 7) is 4.05. The summed E-state index contributed by atoms with van der Waals surface area (Å²) in [6.07, 6.45) is 12.3. The molecule has 0 aromatic carbocycles. The van der Waals surface area contributed by atoms with Gasteiger partial charge in [0.1, 0.15) is 5.82 Å². The van der Waals surface area contributed by atoms with Crippen molar-refractivity contribution in [2.24, 2.45) is 5.92 Å². The molecule has 1 N–H and O–H groups in total. The van der Waals surface area contributed by atoms with Crippen LogP contribution in [0.2, 0.25) is 0 Å². The van der Waals surface area contributed by atoms with Gasteiger partial charge >= 0.3 is 0 Å². The fourth-order valence-corrected chi connectivity index (χ4v) is 6.42. The van der Waals surface area contributed by atoms with Gasteiger partial charge in [-0.1, -0.05) is 12.8 Å². The molecule has 1 unspecified atom stereocenters. The van der Waals surface area contributed by atoms with Gasteiger partial charge in [0.15, 0.2) is 0 Å². The minimum atomic E-state index is 0.173. The van der Waals surface area contributed by atoms with Crippen molar-refractivity contribution in [1.82, 2.24) is 14.7 Å². The molecule has 1 atom stereocenters. The molecule has 3 fully saturated rings. The molecule has 1 aliphatic carbocycles. The molecule has 31 heavy (non-hydrogen) atoms. The number of piperidine rings is 1. The zero-order valence-electron chi connectivity index (χ0n) is 18.3. The van der Waals surface area contributed by atoms with Crippen LogP contribution in [0.4, 0.5) is 5.82 Å². The molecule has 6 nitrogen and oxygen atoms in total. The first-order valence-corrected chi connectivity index (χ1v) is 12.8. The molecule has 5 rings (SSSR count). The second-order valence-electron chi connectivity index (χ2n) is 9.30. The number of aromatic nitrogens is 2. The number of carbonyl (C=O) groups is 1. The van der Waals surface area contributed by atoms with Gasteiger partial charge in [0, 0.05) is 48.0 Å². The van der Waals surface area contributed by atoms with E-state index in [0.717, 1.165) is 64.2 Å². The van der Waals surface area contributed by atoms with Gasteiger partial charge in [-0.2, -0.15) is 5.10 Å². The minimum absolute atomic E-state index is 0.173. The van der Waals surface area contributed by atoms with Crippen LogP contribution in [0.5, 0.6) is 0 Å². The topological polar surface area (TPSA) is 59.4 Å². The Morgan fingerprint density at radius 1 is 1.06 bits per heavy atom. The number of amides is 1. The molecule has 2 aromatic rings. The summed E-state index contributed by atoms with van der Waals surface area (Å²) >= 11 is 1.92. The number of rotatable bonds is 6. The first kappa shape index (κ1) is 21.2. The SMILES string of the molecule is O=C(Nc1ccnn1C1CCN(Cc2ccc(C3CCCCO3)s2)CC1)C1CCCC1. The van der Waals surface area contributed by atoms with Crippen LogP contribution in [0.15, 0.2) is 24.4 Å². The van der Waals surface area contributed by atoms with E-state index in [1.54, 1.807) is 0 Å². The highest BCUT2D eigenvalue weighted by Gasteiger charge is 2.27. The highest BCUT2D eigenvalue weighted by molar-refractivity contribution is 7.12. The van der Waals surface area contributed by atoms with Crippen molar-refractivity contribution < 1.29 is 9.53 Å². The van der Waals surface area contributed by atoms with Gasteiger partial charge in [-0.15, -0.1) is 11.3 Å². The number of hydrogen-bond acceptors (Lipinski definition) is 5. The standard InChI is InChI=1S/C24H34N4O2S/c29-24(18-5-1-2-6-18)26-23-10-13-25-28(23)19-11-14-27(15-12-19)17-20-8-9-22(31-20)21-7-3-4-16-30-21/h8-10,13,18-19,21H,1-7,11-12,14-17H2,(H,26,29). The molecule has 0 bridgehead atoms. The van der Waals surface area contributed by atoms with Crippen molar-refractivity contribution >= 4 is 23.1 Å². The van der Waals surface area contributed by atoms with Gasteiger partial charge in [0.05, 0.1) is 18.3 Å². The average molecular weight is 443 g/mol. The van der Waals surface area contributed by atoms with Gasteiger partial charge in [-0.05, 0) is 57.1 Å². The summed E-state index contributed by atoms with van der Waals surface area (Å²) in [5.74, 6) is 1.22. The number of nitrogens with zero attached hydrogens (tertiary/aromatic N) is 3. The Labute approximate surface area is 189 Å². The van der Waals surface area contributed by atoms with Gasteiger partial charge in [-0.25, -0.2) is 4.68 Å². The van der Waals surface area contributed by atoms with E-state index in [2.05, 4.69) is 27.4 Å². The van der Waals surface area contributed by atoms with Crippen LogP contribution in [-0.2, 0) is 16.1 Å². The zero-order chi connectivity index (χ0) is 21.0. The Kier molecular flexibility index (Phi) is 6.72. The molecule has 1 saturated carbocycles. The van der Waals surface area contributed by atoms with Crippen LogP contribution in [-0.4, -0.2) is 40.3 Å². The van der Waals surface area contributed by atoms with E-state index >= 15 is 0 Å². The van der Waals surface area contributed by atoms with Crippen LogP contribution in [0.1, 0.15) is 79.7 Å². The molecule has 2 aliphatic heterocycles. The molecule has 1 amide bonds. The van der Waals surface area contributed by atoms with Crippen molar-refractivity contribution in [3.8, 4) is 0 Å². The molecule has 4 heterocycles. The summed E-state index contributed by atoms with van der Waals surface area (Å²) in [7, 11) is 0. The zero-order valence-corrected chi connectivity index (χ0v) is 19.1. The van der Waals surface area contributed by atoms with Crippen LogP contribution >= 0.6 is 11.3 Å². The van der Waals surface area contributed by atoms with Gasteiger partial charge < -0.3 is 10.1 Å². The Hall–Kier alpha value is -1.70. The molecule has 0 radical (unpaired) electrons. The maximum atomic E-state index is 12.6. The maximum Gasteiger partial charge on any atom is 0.228 e. The van der Waals surface area contributed by atoms with Gasteiger partial charge in [0.2, 0.25) is 5.91 Å². The van der Waals surface area contributed by atoms with E-state index in [1.807, 2.05) is 28.3 Å². The van der Waals surface area contributed by atoms with Crippen LogP contribution in [0.3, 0.4) is 0 Å². The highest BCUT2D eigenvalue weighted by atomic mass is 32.1. The lowest BCUT2D eigenvalue weighted by atomic mass is 10.0. The lowest BCUT2D eigenvalue weighted by Crippen LogP contribution is -2.35. The molecule has 0 spiro atoms. The highest BCUT2D eigenvalue weighted by Crippen LogP contribution is 2.34. The van der Waals surface area contributed by atoms with Crippen molar-refractivity contribution in [3.05, 3.63) is 34.2 Å². The van der Waals surface area contributed by atoms with E-state index in [-0.39, 0.29) is 11.8 Å². The van der Waals surface area contributed by atoms with Crippen molar-refractivity contribution in [1.29, 1.82) is 0 Å². The summed E-state index contributed by atoms with van der Waals surface area (Å²) < 4.78 is 8.00. The number of likely N-dealkylation sites (tertiary alicyclic amines) is 1. The lowest BCUT2D eigenvalue weighted by Gasteiger charge is -2.32.